The van der Waals surface area contributed by atoms with E-state index < -0.39 is 69.7 Å². The maximum absolute atomic E-state index is 12.1. The molecule has 37 heavy (non-hydrogen) atoms. The summed E-state index contributed by atoms with van der Waals surface area (Å²) in [6, 6.07) is 0. The summed E-state index contributed by atoms with van der Waals surface area (Å²) in [5.74, 6) is -0.521. The predicted molar refractivity (Wildman–Crippen MR) is 133 cm³/mol. The van der Waals surface area contributed by atoms with Gasteiger partial charge in [-0.1, -0.05) is 51.2 Å². The van der Waals surface area contributed by atoms with Crippen LogP contribution < -0.4 is 0 Å². The van der Waals surface area contributed by atoms with Crippen LogP contribution in [0.5, 0.6) is 0 Å². The van der Waals surface area contributed by atoms with Crippen molar-refractivity contribution in [1.29, 1.82) is 0 Å². The number of phosphoric acid groups is 1. The molecule has 0 spiro atoms. The number of allylic oxidation sites excluding steroid dienone is 2. The first-order chi connectivity index (χ1) is 17.5. The molecule has 0 aromatic rings. The average Bonchev–Trinajstić information content (AvgIpc) is 2.87. The van der Waals surface area contributed by atoms with E-state index in [0.717, 1.165) is 38.5 Å². The second-order valence-electron chi connectivity index (χ2n) is 9.40. The molecule has 0 aromatic carbocycles. The lowest BCUT2D eigenvalue weighted by molar-refractivity contribution is -0.220. The van der Waals surface area contributed by atoms with E-state index >= 15 is 0 Å². The average molecular weight is 557 g/mol. The summed E-state index contributed by atoms with van der Waals surface area (Å²) in [6.07, 6.45) is 2.13. The van der Waals surface area contributed by atoms with Gasteiger partial charge in [0.15, 0.2) is 0 Å². The second-order valence-corrected chi connectivity index (χ2v) is 10.8. The monoisotopic (exact) mass is 556 g/mol. The van der Waals surface area contributed by atoms with Gasteiger partial charge in [-0.05, 0) is 32.1 Å². The first-order valence-corrected chi connectivity index (χ1v) is 14.5. The topological polar surface area (TPSA) is 203 Å². The van der Waals surface area contributed by atoms with Crippen LogP contribution >= 0.6 is 7.82 Å². The Balaban J connectivity index is 2.16. The van der Waals surface area contributed by atoms with E-state index in [1.54, 1.807) is 0 Å². The van der Waals surface area contributed by atoms with E-state index in [2.05, 4.69) is 28.1 Å². The first kappa shape index (κ1) is 34.1. The number of rotatable bonds is 19. The summed E-state index contributed by atoms with van der Waals surface area (Å²) in [7, 11) is -4.98. The predicted octanol–water partition coefficient (Wildman–Crippen LogP) is 1.08. The highest BCUT2D eigenvalue weighted by molar-refractivity contribution is 7.47. The highest BCUT2D eigenvalue weighted by atomic mass is 31.2. The highest BCUT2D eigenvalue weighted by Crippen LogP contribution is 2.47. The molecule has 8 atom stereocenters. The normalized spacial score (nSPS) is 28.8. The summed E-state index contributed by atoms with van der Waals surface area (Å²) >= 11 is 0. The number of carbonyl (C=O) groups excluding carboxylic acids is 1. The summed E-state index contributed by atoms with van der Waals surface area (Å²) in [6.45, 7) is 0.926. The second kappa shape index (κ2) is 18.4. The zero-order chi connectivity index (χ0) is 27.8. The van der Waals surface area contributed by atoms with Gasteiger partial charge >= 0.3 is 13.8 Å². The fourth-order valence-electron chi connectivity index (χ4n) is 3.81. The van der Waals surface area contributed by atoms with E-state index in [-0.39, 0.29) is 6.42 Å². The molecular formula is C24H45O12P. The molecule has 1 aliphatic carbocycles. The third-order valence-corrected chi connectivity index (χ3v) is 7.07. The van der Waals surface area contributed by atoms with Gasteiger partial charge < -0.3 is 40.3 Å². The minimum absolute atomic E-state index is 0.181. The third-order valence-electron chi connectivity index (χ3n) is 6.09. The van der Waals surface area contributed by atoms with E-state index in [1.807, 2.05) is 0 Å². The molecule has 1 aliphatic rings. The number of hydrogen-bond acceptors (Lipinski definition) is 11. The van der Waals surface area contributed by atoms with E-state index in [1.165, 1.54) is 19.3 Å². The van der Waals surface area contributed by atoms with Gasteiger partial charge in [0, 0.05) is 6.42 Å². The Morgan fingerprint density at radius 1 is 0.811 bits per heavy atom. The van der Waals surface area contributed by atoms with Gasteiger partial charge in [0.05, 0.1) is 6.61 Å². The van der Waals surface area contributed by atoms with Crippen LogP contribution in [0, 0.1) is 0 Å². The minimum atomic E-state index is -4.98. The van der Waals surface area contributed by atoms with Crippen LogP contribution in [0.4, 0.5) is 0 Å². The van der Waals surface area contributed by atoms with Gasteiger partial charge in [0.2, 0.25) is 0 Å². The van der Waals surface area contributed by atoms with Crippen LogP contribution in [0.25, 0.3) is 0 Å². The van der Waals surface area contributed by atoms with Crippen LogP contribution in [0.15, 0.2) is 12.2 Å². The van der Waals surface area contributed by atoms with Crippen LogP contribution in [-0.4, -0.2) is 97.4 Å². The molecular weight excluding hydrogens is 511 g/mol. The maximum Gasteiger partial charge on any atom is 0.472 e. The number of esters is 1. The molecule has 0 aliphatic heterocycles. The van der Waals surface area contributed by atoms with Gasteiger partial charge in [-0.2, -0.15) is 0 Å². The van der Waals surface area contributed by atoms with Gasteiger partial charge in [-0.15, -0.1) is 0 Å². The molecule has 0 amide bonds. The van der Waals surface area contributed by atoms with Crippen LogP contribution in [-0.2, 0) is 23.1 Å². The zero-order valence-electron chi connectivity index (χ0n) is 21.5. The van der Waals surface area contributed by atoms with Crippen LogP contribution in [0.1, 0.15) is 77.6 Å². The number of carbonyl (C=O) groups is 1. The molecule has 0 aromatic heterocycles. The molecule has 0 heterocycles. The number of aliphatic hydroxyl groups is 6. The summed E-state index contributed by atoms with van der Waals surface area (Å²) in [5.41, 5.74) is 0. The molecule has 0 radical (unpaired) electrons. The Morgan fingerprint density at radius 3 is 1.92 bits per heavy atom. The minimum Gasteiger partial charge on any atom is -0.463 e. The molecule has 1 rings (SSSR count). The highest BCUT2D eigenvalue weighted by Gasteiger charge is 2.51. The molecule has 12 nitrogen and oxygen atoms in total. The molecule has 0 bridgehead atoms. The lowest BCUT2D eigenvalue weighted by atomic mass is 9.85. The van der Waals surface area contributed by atoms with Crippen molar-refractivity contribution in [3.63, 3.8) is 0 Å². The van der Waals surface area contributed by atoms with Crippen LogP contribution in [0.2, 0.25) is 0 Å². The third kappa shape index (κ3) is 13.6. The first-order valence-electron chi connectivity index (χ1n) is 13.0. The van der Waals surface area contributed by atoms with Crippen molar-refractivity contribution >= 4 is 13.8 Å². The zero-order valence-corrected chi connectivity index (χ0v) is 22.4. The van der Waals surface area contributed by atoms with Gasteiger partial charge in [-0.3, -0.25) is 13.8 Å². The van der Waals surface area contributed by atoms with E-state index in [4.69, 9.17) is 4.74 Å². The van der Waals surface area contributed by atoms with Crippen molar-refractivity contribution in [2.75, 3.05) is 13.2 Å². The van der Waals surface area contributed by atoms with Gasteiger partial charge in [0.1, 0.15) is 49.3 Å². The SMILES string of the molecule is CCCCC/C=C\CCCCCCCC(=O)OC[C@@H](O)COP(=O)(O)OC1C(O)C(O)C(O)[C@@H](O)C1O. The van der Waals surface area contributed by atoms with E-state index in [0.29, 0.717) is 6.42 Å². The van der Waals surface area contributed by atoms with Crippen molar-refractivity contribution in [2.24, 2.45) is 0 Å². The summed E-state index contributed by atoms with van der Waals surface area (Å²) < 4.78 is 26.2. The Kier molecular flexibility index (Phi) is 16.9. The maximum atomic E-state index is 12.1. The van der Waals surface area contributed by atoms with Crippen molar-refractivity contribution in [3.8, 4) is 0 Å². The van der Waals surface area contributed by atoms with Crippen molar-refractivity contribution in [1.82, 2.24) is 0 Å². The van der Waals surface area contributed by atoms with Crippen molar-refractivity contribution in [3.05, 3.63) is 12.2 Å². The summed E-state index contributed by atoms with van der Waals surface area (Å²) in [4.78, 5) is 21.6. The molecule has 218 valence electrons. The molecule has 6 unspecified atom stereocenters. The number of hydrogen-bond donors (Lipinski definition) is 7. The smallest absolute Gasteiger partial charge is 0.463 e. The quantitative estimate of drug-likeness (QED) is 0.0517. The van der Waals surface area contributed by atoms with Gasteiger partial charge in [-0.25, -0.2) is 4.57 Å². The molecule has 1 fully saturated rings. The fourth-order valence-corrected chi connectivity index (χ4v) is 4.78. The standard InChI is InChI=1S/C24H45O12P/c1-2-3-4-5-6-7-8-9-10-11-12-13-14-18(26)34-15-17(25)16-35-37(32,33)36-24-22(30)20(28)19(27)21(29)23(24)31/h6-7,17,19-25,27-31H,2-5,8-16H2,1H3,(H,32,33)/b7-6-/t17-,19?,20-,21?,22?,23?,24?/m1/s1. The summed E-state index contributed by atoms with van der Waals surface area (Å²) in [5, 5.41) is 58.4. The molecule has 13 heteroatoms. The Bertz CT molecular complexity index is 689. The van der Waals surface area contributed by atoms with E-state index in [9.17, 15) is 44.9 Å². The largest absolute Gasteiger partial charge is 0.472 e. The number of unbranched alkanes of at least 4 members (excludes halogenated alkanes) is 8. The Hall–Kier alpha value is -0.920. The number of ether oxygens (including phenoxy) is 1. The fraction of sp³-hybridized carbons (Fsp3) is 0.875. The van der Waals surface area contributed by atoms with Crippen LogP contribution in [0.3, 0.4) is 0 Å². The Labute approximate surface area is 218 Å². The van der Waals surface area contributed by atoms with Crippen molar-refractivity contribution < 1.29 is 58.7 Å². The number of aliphatic hydroxyl groups excluding tert-OH is 6. The molecule has 1 saturated carbocycles. The lowest BCUT2D eigenvalue weighted by Crippen LogP contribution is -2.64. The molecule has 0 saturated heterocycles. The van der Waals surface area contributed by atoms with Gasteiger partial charge in [0.25, 0.3) is 0 Å². The molecule has 7 N–H and O–H groups in total. The lowest BCUT2D eigenvalue weighted by Gasteiger charge is -2.41. The Morgan fingerprint density at radius 2 is 1.32 bits per heavy atom. The van der Waals surface area contributed by atoms with Crippen molar-refractivity contribution in [2.45, 2.75) is 120 Å². The number of phosphoric ester groups is 1.